The number of ether oxygens (including phenoxy) is 2. The zero-order valence-corrected chi connectivity index (χ0v) is 22.4. The van der Waals surface area contributed by atoms with Gasteiger partial charge in [-0.1, -0.05) is 0 Å². The molecule has 0 radical (unpaired) electrons. The number of rotatable bonds is 4. The largest absolute Gasteiger partial charge is 0.508 e. The highest BCUT2D eigenvalue weighted by molar-refractivity contribution is 9.69. The van der Waals surface area contributed by atoms with Gasteiger partial charge in [0.25, 0.3) is 0 Å². The van der Waals surface area contributed by atoms with Crippen LogP contribution >= 0.6 is 79.1 Å². The molecule has 0 heterocycles. The van der Waals surface area contributed by atoms with Crippen LogP contribution in [0.2, 0.25) is 0 Å². The summed E-state index contributed by atoms with van der Waals surface area (Å²) in [5.41, 5.74) is 0.631. The van der Waals surface area contributed by atoms with Crippen molar-refractivity contribution in [3.8, 4) is 23.0 Å². The van der Waals surface area contributed by atoms with Gasteiger partial charge in [0.05, 0.1) is 25.3 Å². The van der Waals surface area contributed by atoms with Gasteiger partial charge in [-0.3, -0.25) is 9.59 Å². The predicted octanol–water partition coefficient (Wildman–Crippen LogP) is 6.11. The topological polar surface area (TPSA) is 93.1 Å². The third kappa shape index (κ3) is 9.77. The molecule has 2 N–H and O–H groups in total. The summed E-state index contributed by atoms with van der Waals surface area (Å²) < 4.78 is 11.3. The third-order valence-electron chi connectivity index (χ3n) is 2.85. The fourth-order valence-corrected chi connectivity index (χ4v) is 2.72. The molecule has 12 heteroatoms. The second-order valence-electron chi connectivity index (χ2n) is 4.57. The minimum Gasteiger partial charge on any atom is -0.508 e. The van der Waals surface area contributed by atoms with Crippen LogP contribution in [0.3, 0.4) is 0 Å². The van der Waals surface area contributed by atoms with Gasteiger partial charge in [0.15, 0.2) is 12.6 Å². The van der Waals surface area contributed by atoms with Crippen LogP contribution in [-0.2, 0) is 0 Å². The molecule has 0 fully saturated rings. The maximum Gasteiger partial charge on any atom is 0.369 e. The molecular formula is C16H14BBr5O6. The van der Waals surface area contributed by atoms with Crippen LogP contribution in [0.1, 0.15) is 20.7 Å². The first-order chi connectivity index (χ1) is 13.1. The molecule has 0 atom stereocenters. The SMILES string of the molecule is BrB(Br)Br.COc1cc(Br)c(C=O)c(OC)c1.O=Cc1c(O)cc(O)cc1Br. The summed E-state index contributed by atoms with van der Waals surface area (Å²) in [7, 11) is 3.07. The molecule has 2 rings (SSSR count). The highest BCUT2D eigenvalue weighted by atomic mass is 79.9. The molecule has 0 aliphatic rings. The van der Waals surface area contributed by atoms with E-state index in [1.54, 1.807) is 19.2 Å². The van der Waals surface area contributed by atoms with E-state index in [1.807, 2.05) is 0 Å². The standard InChI is InChI=1S/C9H9BrO3.C7H5BrO3.BBr3/c1-12-6-3-8(10)7(5-11)9(4-6)13-2;8-6-1-4(10)2-7(11)5(6)3-9;2-1(3)4/h3-5H,1-2H3;1-3,10-11H;. The fraction of sp³-hybridized carbons (Fsp3) is 0.125. The fourth-order valence-electron chi connectivity index (χ4n) is 1.68. The third-order valence-corrected chi connectivity index (χ3v) is 4.16. The number of carbonyl (C=O) groups excluding carboxylic acids is 2. The Balaban J connectivity index is 0.000000442. The van der Waals surface area contributed by atoms with Crippen LogP contribution in [0, 0.1) is 0 Å². The first kappa shape index (κ1) is 27.4. The number of hydrogen-bond acceptors (Lipinski definition) is 6. The molecule has 152 valence electrons. The van der Waals surface area contributed by atoms with Gasteiger partial charge in [0, 0.05) is 21.1 Å². The normalized spacial score (nSPS) is 9.11. The first-order valence-corrected chi connectivity index (χ1v) is 11.4. The van der Waals surface area contributed by atoms with Gasteiger partial charge >= 0.3 is 3.18 Å². The maximum atomic E-state index is 10.7. The van der Waals surface area contributed by atoms with Crippen molar-refractivity contribution in [3.63, 3.8) is 0 Å². The molecule has 0 aliphatic heterocycles. The molecule has 28 heavy (non-hydrogen) atoms. The number of phenolic OH excluding ortho intramolecular Hbond substituents is 2. The van der Waals surface area contributed by atoms with Crippen molar-refractivity contribution in [2.24, 2.45) is 0 Å². The molecule has 0 saturated carbocycles. The molecule has 6 nitrogen and oxygen atoms in total. The Labute approximate surface area is 204 Å². The summed E-state index contributed by atoms with van der Waals surface area (Å²) in [5.74, 6) is 0.836. The molecule has 2 aromatic rings. The maximum absolute atomic E-state index is 10.7. The lowest BCUT2D eigenvalue weighted by molar-refractivity contribution is 0.111. The summed E-state index contributed by atoms with van der Waals surface area (Å²) in [6.45, 7) is 0. The molecule has 0 aliphatic carbocycles. The van der Waals surface area contributed by atoms with E-state index < -0.39 is 0 Å². The molecule has 0 saturated heterocycles. The van der Waals surface area contributed by atoms with Crippen molar-refractivity contribution in [3.05, 3.63) is 44.3 Å². The van der Waals surface area contributed by atoms with E-state index >= 15 is 0 Å². The number of aromatic hydroxyl groups is 2. The number of aldehydes is 2. The zero-order valence-electron chi connectivity index (χ0n) is 14.5. The number of phenols is 2. The highest BCUT2D eigenvalue weighted by Crippen LogP contribution is 2.31. The van der Waals surface area contributed by atoms with E-state index in [1.165, 1.54) is 13.2 Å². The van der Waals surface area contributed by atoms with Crippen molar-refractivity contribution < 1.29 is 29.3 Å². The average molecular weight is 713 g/mol. The molecular weight excluding hydrogens is 699 g/mol. The van der Waals surface area contributed by atoms with Crippen molar-refractivity contribution in [1.82, 2.24) is 0 Å². The van der Waals surface area contributed by atoms with Crippen molar-refractivity contribution in [2.75, 3.05) is 14.2 Å². The first-order valence-electron chi connectivity index (χ1n) is 7.06. The smallest absolute Gasteiger partial charge is 0.369 e. The lowest BCUT2D eigenvalue weighted by Gasteiger charge is -2.07. The van der Waals surface area contributed by atoms with Gasteiger partial charge in [-0.05, 0) is 44.0 Å². The summed E-state index contributed by atoms with van der Waals surface area (Å²) in [4.78, 5) is 20.9. The van der Waals surface area contributed by atoms with Crippen molar-refractivity contribution in [1.29, 1.82) is 0 Å². The van der Waals surface area contributed by atoms with Crippen LogP contribution < -0.4 is 9.47 Å². The van der Waals surface area contributed by atoms with E-state index in [-0.39, 0.29) is 20.2 Å². The minimum atomic E-state index is -0.230. The molecule has 0 aromatic heterocycles. The number of hydrogen-bond donors (Lipinski definition) is 2. The lowest BCUT2D eigenvalue weighted by atomic mass is 10.2. The highest BCUT2D eigenvalue weighted by Gasteiger charge is 2.09. The molecule has 2 aromatic carbocycles. The van der Waals surface area contributed by atoms with E-state index in [2.05, 4.69) is 79.1 Å². The van der Waals surface area contributed by atoms with Gasteiger partial charge in [-0.2, -0.15) is 0 Å². The van der Waals surface area contributed by atoms with E-state index in [9.17, 15) is 9.59 Å². The van der Waals surface area contributed by atoms with Crippen LogP contribution in [-0.4, -0.2) is 40.2 Å². The van der Waals surface area contributed by atoms with Crippen LogP contribution in [0.5, 0.6) is 23.0 Å². The number of halogens is 5. The van der Waals surface area contributed by atoms with Crippen LogP contribution in [0.25, 0.3) is 0 Å². The Morgan fingerprint density at radius 1 is 0.857 bits per heavy atom. The summed E-state index contributed by atoms with van der Waals surface area (Å²) >= 11 is 15.6. The zero-order chi connectivity index (χ0) is 21.9. The van der Waals surface area contributed by atoms with Gasteiger partial charge in [0.1, 0.15) is 23.0 Å². The minimum absolute atomic E-state index is 0.0834. The summed E-state index contributed by atoms with van der Waals surface area (Å²) in [5, 5.41) is 18.0. The number of carbonyl (C=O) groups is 2. The monoisotopic (exact) mass is 708 g/mol. The summed E-state index contributed by atoms with van der Waals surface area (Å²) in [6.07, 6.45) is 1.25. The van der Waals surface area contributed by atoms with E-state index in [0.717, 1.165) is 12.4 Å². The van der Waals surface area contributed by atoms with E-state index in [0.29, 0.717) is 32.3 Å². The molecule has 0 unspecified atom stereocenters. The molecule has 0 bridgehead atoms. The van der Waals surface area contributed by atoms with Crippen LogP contribution in [0.15, 0.2) is 33.2 Å². The Kier molecular flexibility index (Phi) is 14.1. The number of benzene rings is 2. The summed E-state index contributed by atoms with van der Waals surface area (Å²) in [6, 6.07) is 5.82. The van der Waals surface area contributed by atoms with Crippen molar-refractivity contribution in [2.45, 2.75) is 0 Å². The Morgan fingerprint density at radius 3 is 1.75 bits per heavy atom. The van der Waals surface area contributed by atoms with E-state index in [4.69, 9.17) is 19.7 Å². The predicted molar refractivity (Wildman–Crippen MR) is 128 cm³/mol. The van der Waals surface area contributed by atoms with Gasteiger partial charge in [-0.25, -0.2) is 0 Å². The quantitative estimate of drug-likeness (QED) is 0.294. The molecule has 0 spiro atoms. The second kappa shape index (κ2) is 14.4. The number of methoxy groups -OCH3 is 2. The van der Waals surface area contributed by atoms with Crippen LogP contribution in [0.4, 0.5) is 0 Å². The van der Waals surface area contributed by atoms with Gasteiger partial charge in [-0.15, -0.1) is 47.3 Å². The lowest BCUT2D eigenvalue weighted by Crippen LogP contribution is -1.93. The average Bonchev–Trinajstić information content (AvgIpc) is 2.60. The van der Waals surface area contributed by atoms with Crippen molar-refractivity contribution >= 4 is 94.9 Å². The second-order valence-corrected chi connectivity index (χ2v) is 12.7. The van der Waals surface area contributed by atoms with Gasteiger partial charge < -0.3 is 19.7 Å². The Bertz CT molecular complexity index is 778. The Hall–Kier alpha value is -0.555. The van der Waals surface area contributed by atoms with Gasteiger partial charge in [0.2, 0.25) is 0 Å². The Morgan fingerprint density at radius 2 is 1.36 bits per heavy atom. The molecule has 0 amide bonds.